The number of amidine groups is 1. The quantitative estimate of drug-likeness (QED) is 0.352. The lowest BCUT2D eigenvalue weighted by molar-refractivity contribution is 0.209. The fraction of sp³-hybridized carbons (Fsp3) is 0.562. The van der Waals surface area contributed by atoms with Gasteiger partial charge in [-0.15, -0.1) is 0 Å². The molecule has 0 aliphatic heterocycles. The lowest BCUT2D eigenvalue weighted by Gasteiger charge is -2.26. The van der Waals surface area contributed by atoms with E-state index in [2.05, 4.69) is 37.8 Å². The van der Waals surface area contributed by atoms with Crippen LogP contribution in [0.2, 0.25) is 0 Å². The minimum Gasteiger partial charge on any atom is -0.409 e. The van der Waals surface area contributed by atoms with E-state index in [1.165, 1.54) is 6.07 Å². The Hall–Kier alpha value is -1.62. The number of rotatable bonds is 7. The van der Waals surface area contributed by atoms with Crippen LogP contribution in [-0.4, -0.2) is 29.0 Å². The molecule has 0 aliphatic carbocycles. The van der Waals surface area contributed by atoms with Gasteiger partial charge in [0.25, 0.3) is 0 Å². The zero-order chi connectivity index (χ0) is 16.0. The average molecular weight is 295 g/mol. The molecule has 0 amide bonds. The van der Waals surface area contributed by atoms with Gasteiger partial charge in [0.05, 0.1) is 5.56 Å². The Kier molecular flexibility index (Phi) is 6.62. The zero-order valence-corrected chi connectivity index (χ0v) is 13.3. The summed E-state index contributed by atoms with van der Waals surface area (Å²) < 4.78 is 14.4. The normalized spacial score (nSPS) is 12.7. The number of nitrogens with zero attached hydrogens (tertiary/aromatic N) is 2. The molecule has 0 heterocycles. The minimum absolute atomic E-state index is 0.143. The van der Waals surface area contributed by atoms with Gasteiger partial charge in [-0.05, 0) is 17.9 Å². The summed E-state index contributed by atoms with van der Waals surface area (Å²) in [6, 6.07) is 5.00. The molecule has 0 unspecified atom stereocenters. The summed E-state index contributed by atoms with van der Waals surface area (Å²) in [5.41, 5.74) is 6.22. The van der Waals surface area contributed by atoms with Crippen LogP contribution < -0.4 is 5.73 Å². The second-order valence-corrected chi connectivity index (χ2v) is 6.25. The van der Waals surface area contributed by atoms with Crippen molar-refractivity contribution in [1.82, 2.24) is 4.90 Å². The molecule has 21 heavy (non-hydrogen) atoms. The van der Waals surface area contributed by atoms with Crippen LogP contribution in [0.1, 0.15) is 38.8 Å². The SMILES string of the molecule is CC(C)CN(Cc1cccc(/C(N)=N/O)c1F)CC(C)C. The van der Waals surface area contributed by atoms with Crippen LogP contribution in [0.25, 0.3) is 0 Å². The van der Waals surface area contributed by atoms with E-state index in [0.29, 0.717) is 23.9 Å². The van der Waals surface area contributed by atoms with Gasteiger partial charge < -0.3 is 10.9 Å². The molecule has 0 aliphatic rings. The summed E-state index contributed by atoms with van der Waals surface area (Å²) in [6.45, 7) is 10.9. The van der Waals surface area contributed by atoms with Crippen LogP contribution in [0.5, 0.6) is 0 Å². The van der Waals surface area contributed by atoms with E-state index in [4.69, 9.17) is 10.9 Å². The van der Waals surface area contributed by atoms with Crippen LogP contribution in [0, 0.1) is 17.7 Å². The third-order valence-electron chi connectivity index (χ3n) is 3.10. The fourth-order valence-corrected chi connectivity index (χ4v) is 2.43. The Morgan fingerprint density at radius 3 is 2.29 bits per heavy atom. The highest BCUT2D eigenvalue weighted by atomic mass is 19.1. The maximum absolute atomic E-state index is 14.4. The number of halogens is 1. The molecule has 0 fully saturated rings. The third kappa shape index (κ3) is 5.34. The predicted molar refractivity (Wildman–Crippen MR) is 83.9 cm³/mol. The minimum atomic E-state index is -0.412. The second-order valence-electron chi connectivity index (χ2n) is 6.25. The van der Waals surface area contributed by atoms with E-state index in [1.54, 1.807) is 12.1 Å². The monoisotopic (exact) mass is 295 g/mol. The molecule has 118 valence electrons. The standard InChI is InChI=1S/C16H26FN3O/c1-11(2)8-20(9-12(3)4)10-13-6-5-7-14(15(13)17)16(18)19-21/h5-7,11-12,21H,8-10H2,1-4H3,(H2,18,19). The lowest BCUT2D eigenvalue weighted by atomic mass is 10.1. The zero-order valence-electron chi connectivity index (χ0n) is 13.3. The van der Waals surface area contributed by atoms with Gasteiger partial charge in [0.1, 0.15) is 5.82 Å². The molecule has 0 saturated carbocycles. The summed E-state index contributed by atoms with van der Waals surface area (Å²) in [5, 5.41) is 11.6. The molecule has 4 nitrogen and oxygen atoms in total. The van der Waals surface area contributed by atoms with Gasteiger partial charge in [0, 0.05) is 25.2 Å². The van der Waals surface area contributed by atoms with Crippen LogP contribution in [0.3, 0.4) is 0 Å². The summed E-state index contributed by atoms with van der Waals surface area (Å²) in [5.74, 6) is 0.414. The van der Waals surface area contributed by atoms with Crippen molar-refractivity contribution in [3.63, 3.8) is 0 Å². The molecule has 0 atom stereocenters. The van der Waals surface area contributed by atoms with Gasteiger partial charge in [-0.3, -0.25) is 4.90 Å². The van der Waals surface area contributed by atoms with Crippen molar-refractivity contribution in [3.8, 4) is 0 Å². The first-order chi connectivity index (χ1) is 9.85. The molecule has 0 bridgehead atoms. The molecule has 1 aromatic carbocycles. The average Bonchev–Trinajstić information content (AvgIpc) is 2.38. The Morgan fingerprint density at radius 1 is 1.24 bits per heavy atom. The predicted octanol–water partition coefficient (Wildman–Crippen LogP) is 3.03. The molecule has 0 saturated heterocycles. The first-order valence-electron chi connectivity index (χ1n) is 7.32. The number of benzene rings is 1. The summed E-state index contributed by atoms with van der Waals surface area (Å²) in [6.07, 6.45) is 0. The molecule has 0 aromatic heterocycles. The van der Waals surface area contributed by atoms with Crippen molar-refractivity contribution >= 4 is 5.84 Å². The van der Waals surface area contributed by atoms with Gasteiger partial charge in [0.15, 0.2) is 5.84 Å². The van der Waals surface area contributed by atoms with Gasteiger partial charge in [0.2, 0.25) is 0 Å². The number of nitrogens with two attached hydrogens (primary N) is 1. The van der Waals surface area contributed by atoms with Gasteiger partial charge >= 0.3 is 0 Å². The van der Waals surface area contributed by atoms with Crippen molar-refractivity contribution in [1.29, 1.82) is 0 Å². The highest BCUT2D eigenvalue weighted by Crippen LogP contribution is 2.17. The third-order valence-corrected chi connectivity index (χ3v) is 3.10. The van der Waals surface area contributed by atoms with Gasteiger partial charge in [-0.25, -0.2) is 4.39 Å². The fourth-order valence-electron chi connectivity index (χ4n) is 2.43. The van der Waals surface area contributed by atoms with E-state index >= 15 is 0 Å². The highest BCUT2D eigenvalue weighted by molar-refractivity contribution is 5.97. The second kappa shape index (κ2) is 7.98. The Morgan fingerprint density at radius 2 is 1.81 bits per heavy atom. The molecule has 1 aromatic rings. The maximum atomic E-state index is 14.4. The number of hydrogen-bond acceptors (Lipinski definition) is 3. The molecule has 0 spiro atoms. The number of hydrogen-bond donors (Lipinski definition) is 2. The van der Waals surface area contributed by atoms with Crippen molar-refractivity contribution in [2.75, 3.05) is 13.1 Å². The van der Waals surface area contributed by atoms with Crippen LogP contribution in [0.15, 0.2) is 23.4 Å². The molecule has 5 heteroatoms. The first-order valence-corrected chi connectivity index (χ1v) is 7.32. The van der Waals surface area contributed by atoms with Crippen molar-refractivity contribution < 1.29 is 9.60 Å². The van der Waals surface area contributed by atoms with E-state index in [9.17, 15) is 4.39 Å². The Labute approximate surface area is 126 Å². The molecule has 3 N–H and O–H groups in total. The van der Waals surface area contributed by atoms with E-state index < -0.39 is 5.82 Å². The lowest BCUT2D eigenvalue weighted by Crippen LogP contribution is -2.31. The van der Waals surface area contributed by atoms with E-state index in [1.807, 2.05) is 0 Å². The molecular weight excluding hydrogens is 269 g/mol. The van der Waals surface area contributed by atoms with Crippen molar-refractivity contribution in [2.45, 2.75) is 34.2 Å². The van der Waals surface area contributed by atoms with Crippen LogP contribution in [0.4, 0.5) is 4.39 Å². The molecular formula is C16H26FN3O. The summed E-state index contributed by atoms with van der Waals surface area (Å²) in [4.78, 5) is 2.24. The van der Waals surface area contributed by atoms with Gasteiger partial charge in [-0.2, -0.15) is 0 Å². The Bertz CT molecular complexity index is 476. The molecule has 1 rings (SSSR count). The number of oxime groups is 1. The molecule has 0 radical (unpaired) electrons. The van der Waals surface area contributed by atoms with Gasteiger partial charge in [-0.1, -0.05) is 45.0 Å². The Balaban J connectivity index is 2.98. The highest BCUT2D eigenvalue weighted by Gasteiger charge is 2.16. The van der Waals surface area contributed by atoms with E-state index in [-0.39, 0.29) is 11.4 Å². The van der Waals surface area contributed by atoms with Crippen molar-refractivity contribution in [3.05, 3.63) is 35.1 Å². The first kappa shape index (κ1) is 17.4. The van der Waals surface area contributed by atoms with Crippen LogP contribution >= 0.6 is 0 Å². The largest absolute Gasteiger partial charge is 0.409 e. The summed E-state index contributed by atoms with van der Waals surface area (Å²) >= 11 is 0. The topological polar surface area (TPSA) is 61.8 Å². The summed E-state index contributed by atoms with van der Waals surface area (Å²) in [7, 11) is 0. The van der Waals surface area contributed by atoms with Crippen LogP contribution in [-0.2, 0) is 6.54 Å². The maximum Gasteiger partial charge on any atom is 0.173 e. The van der Waals surface area contributed by atoms with E-state index in [0.717, 1.165) is 13.1 Å². The smallest absolute Gasteiger partial charge is 0.173 e. The van der Waals surface area contributed by atoms with Crippen molar-refractivity contribution in [2.24, 2.45) is 22.7 Å².